The molecule has 1 aromatic carbocycles. The summed E-state index contributed by atoms with van der Waals surface area (Å²) in [6.07, 6.45) is 0. The van der Waals surface area contributed by atoms with Crippen LogP contribution >= 0.6 is 11.6 Å². The van der Waals surface area contributed by atoms with E-state index in [1.54, 1.807) is 24.3 Å². The van der Waals surface area contributed by atoms with Gasteiger partial charge in [0.1, 0.15) is 5.17 Å². The normalized spacial score (nSPS) is 9.64. The molecule has 0 unspecified atom stereocenters. The van der Waals surface area contributed by atoms with Crippen LogP contribution in [-0.4, -0.2) is 10.3 Å². The molecule has 2 N–H and O–H groups in total. The summed E-state index contributed by atoms with van der Waals surface area (Å²) in [5, 5.41) is 15.9. The molecule has 0 radical (unpaired) electrons. The van der Waals surface area contributed by atoms with Gasteiger partial charge in [0.15, 0.2) is 0 Å². The van der Waals surface area contributed by atoms with E-state index in [-0.39, 0.29) is 11.8 Å². The van der Waals surface area contributed by atoms with E-state index >= 15 is 0 Å². The summed E-state index contributed by atoms with van der Waals surface area (Å²) in [5.74, 6) is 0. The maximum Gasteiger partial charge on any atom is 0.128 e. The Kier molecular flexibility index (Phi) is 2.63. The van der Waals surface area contributed by atoms with Gasteiger partial charge in [-0.3, -0.25) is 5.41 Å². The predicted molar refractivity (Wildman–Crippen MR) is 45.0 cm³/mol. The third-order valence-electron chi connectivity index (χ3n) is 1.42. The van der Waals surface area contributed by atoms with Crippen LogP contribution in [0.2, 0.25) is 0 Å². The molecule has 0 fully saturated rings. The maximum absolute atomic E-state index is 8.81. The quantitative estimate of drug-likeness (QED) is 0.651. The standard InChI is InChI=1S/C8H8ClNO/c9-8(10)7-4-2-1-3-6(7)5-11/h1-4,10-11H,5H2. The van der Waals surface area contributed by atoms with Crippen molar-refractivity contribution in [1.82, 2.24) is 0 Å². The highest BCUT2D eigenvalue weighted by molar-refractivity contribution is 6.68. The number of aliphatic hydroxyl groups excluding tert-OH is 1. The Hall–Kier alpha value is -0.860. The van der Waals surface area contributed by atoms with Crippen LogP contribution in [0, 0.1) is 5.41 Å². The molecule has 58 valence electrons. The Bertz CT molecular complexity index is 273. The first-order valence-corrected chi connectivity index (χ1v) is 3.56. The number of hydrogen-bond donors (Lipinski definition) is 2. The van der Waals surface area contributed by atoms with Gasteiger partial charge in [0.25, 0.3) is 0 Å². The molecule has 0 saturated carbocycles. The van der Waals surface area contributed by atoms with Crippen molar-refractivity contribution in [2.24, 2.45) is 0 Å². The fourth-order valence-electron chi connectivity index (χ4n) is 0.872. The SMILES string of the molecule is N=C(Cl)c1ccccc1CO. The van der Waals surface area contributed by atoms with Crippen molar-refractivity contribution in [3.8, 4) is 0 Å². The van der Waals surface area contributed by atoms with Crippen LogP contribution in [0.1, 0.15) is 11.1 Å². The fourth-order valence-corrected chi connectivity index (χ4v) is 1.06. The molecule has 2 nitrogen and oxygen atoms in total. The van der Waals surface area contributed by atoms with Crippen LogP contribution in [0.3, 0.4) is 0 Å². The number of aliphatic hydroxyl groups is 1. The number of hydrogen-bond acceptors (Lipinski definition) is 2. The van der Waals surface area contributed by atoms with E-state index in [1.165, 1.54) is 0 Å². The summed E-state index contributed by atoms with van der Waals surface area (Å²) in [7, 11) is 0. The van der Waals surface area contributed by atoms with Crippen LogP contribution in [-0.2, 0) is 6.61 Å². The van der Waals surface area contributed by atoms with Crippen LogP contribution in [0.4, 0.5) is 0 Å². The topological polar surface area (TPSA) is 44.1 Å². The second-order valence-electron chi connectivity index (χ2n) is 2.13. The van der Waals surface area contributed by atoms with Crippen LogP contribution in [0.25, 0.3) is 0 Å². The van der Waals surface area contributed by atoms with Gasteiger partial charge in [-0.25, -0.2) is 0 Å². The minimum absolute atomic E-state index is 0.0327. The van der Waals surface area contributed by atoms with Gasteiger partial charge in [-0.05, 0) is 5.56 Å². The summed E-state index contributed by atoms with van der Waals surface area (Å²) in [5.41, 5.74) is 1.28. The fraction of sp³-hybridized carbons (Fsp3) is 0.125. The Morgan fingerprint density at radius 2 is 2.09 bits per heavy atom. The molecule has 11 heavy (non-hydrogen) atoms. The molecule has 0 spiro atoms. The second-order valence-corrected chi connectivity index (χ2v) is 2.51. The molecule has 1 rings (SSSR count). The molecule has 0 atom stereocenters. The second kappa shape index (κ2) is 3.51. The van der Waals surface area contributed by atoms with E-state index in [9.17, 15) is 0 Å². The average Bonchev–Trinajstić information content (AvgIpc) is 2.04. The summed E-state index contributed by atoms with van der Waals surface area (Å²) in [6.45, 7) is -0.0781. The smallest absolute Gasteiger partial charge is 0.128 e. The zero-order valence-corrected chi connectivity index (χ0v) is 6.60. The third-order valence-corrected chi connectivity index (χ3v) is 1.63. The molecule has 0 aromatic heterocycles. The first kappa shape index (κ1) is 8.24. The lowest BCUT2D eigenvalue weighted by molar-refractivity contribution is 0.281. The molecule has 0 heterocycles. The van der Waals surface area contributed by atoms with Gasteiger partial charge < -0.3 is 5.11 Å². The lowest BCUT2D eigenvalue weighted by Crippen LogP contribution is -1.96. The van der Waals surface area contributed by atoms with E-state index in [2.05, 4.69) is 0 Å². The molecule has 1 aromatic rings. The highest BCUT2D eigenvalue weighted by Crippen LogP contribution is 2.10. The number of rotatable bonds is 2. The summed E-state index contributed by atoms with van der Waals surface area (Å²) in [4.78, 5) is 0. The molecule has 0 saturated heterocycles. The van der Waals surface area contributed by atoms with E-state index in [0.717, 1.165) is 0 Å². The number of benzene rings is 1. The summed E-state index contributed by atoms with van der Waals surface area (Å²) >= 11 is 5.46. The summed E-state index contributed by atoms with van der Waals surface area (Å²) < 4.78 is 0. The lowest BCUT2D eigenvalue weighted by atomic mass is 10.1. The first-order chi connectivity index (χ1) is 5.25. The van der Waals surface area contributed by atoms with Crippen molar-refractivity contribution >= 4 is 16.8 Å². The van der Waals surface area contributed by atoms with Gasteiger partial charge in [-0.15, -0.1) is 0 Å². The van der Waals surface area contributed by atoms with Crippen LogP contribution < -0.4 is 0 Å². The monoisotopic (exact) mass is 169 g/mol. The molecule has 0 bridgehead atoms. The van der Waals surface area contributed by atoms with Crippen molar-refractivity contribution in [2.75, 3.05) is 0 Å². The highest BCUT2D eigenvalue weighted by atomic mass is 35.5. The Morgan fingerprint density at radius 1 is 1.45 bits per heavy atom. The van der Waals surface area contributed by atoms with Gasteiger partial charge in [0, 0.05) is 5.56 Å². The molecule has 0 amide bonds. The first-order valence-electron chi connectivity index (χ1n) is 3.19. The maximum atomic E-state index is 8.81. The Morgan fingerprint density at radius 3 is 2.55 bits per heavy atom. The molecule has 3 heteroatoms. The lowest BCUT2D eigenvalue weighted by Gasteiger charge is -2.01. The zero-order valence-electron chi connectivity index (χ0n) is 5.84. The van der Waals surface area contributed by atoms with Crippen molar-refractivity contribution in [3.05, 3.63) is 35.4 Å². The van der Waals surface area contributed by atoms with Crippen LogP contribution in [0.5, 0.6) is 0 Å². The van der Waals surface area contributed by atoms with Gasteiger partial charge in [-0.1, -0.05) is 35.9 Å². The zero-order chi connectivity index (χ0) is 8.27. The molecule has 0 aliphatic carbocycles. The number of halogens is 1. The number of nitrogens with one attached hydrogen (secondary N) is 1. The van der Waals surface area contributed by atoms with Crippen molar-refractivity contribution in [3.63, 3.8) is 0 Å². The minimum Gasteiger partial charge on any atom is -0.392 e. The van der Waals surface area contributed by atoms with E-state index < -0.39 is 0 Å². The predicted octanol–water partition coefficient (Wildman–Crippen LogP) is 1.74. The Balaban J connectivity index is 3.12. The van der Waals surface area contributed by atoms with Crippen LogP contribution in [0.15, 0.2) is 24.3 Å². The van der Waals surface area contributed by atoms with Crippen molar-refractivity contribution < 1.29 is 5.11 Å². The average molecular weight is 170 g/mol. The highest BCUT2D eigenvalue weighted by Gasteiger charge is 2.02. The largest absolute Gasteiger partial charge is 0.392 e. The van der Waals surface area contributed by atoms with Gasteiger partial charge in [-0.2, -0.15) is 0 Å². The van der Waals surface area contributed by atoms with E-state index in [0.29, 0.717) is 11.1 Å². The van der Waals surface area contributed by atoms with Gasteiger partial charge in [0.05, 0.1) is 6.61 Å². The third kappa shape index (κ3) is 1.79. The Labute approximate surface area is 69.9 Å². The summed E-state index contributed by atoms with van der Waals surface area (Å²) in [6, 6.07) is 7.04. The molecule has 0 aliphatic rings. The van der Waals surface area contributed by atoms with Gasteiger partial charge in [0.2, 0.25) is 0 Å². The van der Waals surface area contributed by atoms with E-state index in [1.807, 2.05) is 0 Å². The van der Waals surface area contributed by atoms with Gasteiger partial charge >= 0.3 is 0 Å². The molecule has 0 aliphatic heterocycles. The minimum atomic E-state index is -0.0781. The molecular weight excluding hydrogens is 162 g/mol. The van der Waals surface area contributed by atoms with Crippen molar-refractivity contribution in [2.45, 2.75) is 6.61 Å². The molecular formula is C8H8ClNO. The van der Waals surface area contributed by atoms with E-state index in [4.69, 9.17) is 22.1 Å². The van der Waals surface area contributed by atoms with Crippen molar-refractivity contribution in [1.29, 1.82) is 5.41 Å².